The number of halogens is 2. The molecule has 0 unspecified atom stereocenters. The van der Waals surface area contributed by atoms with Crippen molar-refractivity contribution in [1.29, 1.82) is 0 Å². The number of amides is 3. The van der Waals surface area contributed by atoms with Crippen molar-refractivity contribution in [3.8, 4) is 17.2 Å². The lowest BCUT2D eigenvalue weighted by Crippen LogP contribution is -2.36. The SMILES string of the molecule is O=C(CN1C(=O)S/C(=C/c2ccc(OCc3ccc(Cl)cc3Cl)cc2)C1=O)Nc1ccc2c(c1)OCO2. The summed E-state index contributed by atoms with van der Waals surface area (Å²) in [5.74, 6) is 0.659. The topological polar surface area (TPSA) is 94.2 Å². The van der Waals surface area contributed by atoms with Gasteiger partial charge in [-0.1, -0.05) is 41.4 Å². The van der Waals surface area contributed by atoms with Gasteiger partial charge in [0.05, 0.1) is 4.91 Å². The summed E-state index contributed by atoms with van der Waals surface area (Å²) in [5.41, 5.74) is 1.97. The van der Waals surface area contributed by atoms with Gasteiger partial charge < -0.3 is 19.5 Å². The zero-order valence-electron chi connectivity index (χ0n) is 19.0. The second kappa shape index (κ2) is 10.8. The van der Waals surface area contributed by atoms with E-state index in [9.17, 15) is 14.4 Å². The van der Waals surface area contributed by atoms with Crippen LogP contribution in [0.2, 0.25) is 10.0 Å². The van der Waals surface area contributed by atoms with Crippen molar-refractivity contribution in [1.82, 2.24) is 4.90 Å². The number of anilines is 1. The van der Waals surface area contributed by atoms with Gasteiger partial charge in [-0.15, -0.1) is 0 Å². The normalized spacial score (nSPS) is 15.4. The molecule has 0 bridgehead atoms. The minimum absolute atomic E-state index is 0.115. The molecule has 188 valence electrons. The Bertz CT molecular complexity index is 1430. The van der Waals surface area contributed by atoms with Crippen LogP contribution in [0.5, 0.6) is 17.2 Å². The number of hydrogen-bond donors (Lipinski definition) is 1. The fourth-order valence-electron chi connectivity index (χ4n) is 3.57. The molecule has 3 aromatic rings. The number of carbonyl (C=O) groups is 3. The van der Waals surface area contributed by atoms with Gasteiger partial charge in [0.2, 0.25) is 12.7 Å². The minimum atomic E-state index is -0.534. The van der Waals surface area contributed by atoms with Crippen LogP contribution in [0.1, 0.15) is 11.1 Å². The van der Waals surface area contributed by atoms with Gasteiger partial charge >= 0.3 is 0 Å². The van der Waals surface area contributed by atoms with Gasteiger partial charge in [-0.3, -0.25) is 19.3 Å². The molecule has 0 aliphatic carbocycles. The van der Waals surface area contributed by atoms with E-state index >= 15 is 0 Å². The van der Waals surface area contributed by atoms with Gasteiger partial charge in [-0.25, -0.2) is 0 Å². The van der Waals surface area contributed by atoms with Crippen molar-refractivity contribution in [3.63, 3.8) is 0 Å². The van der Waals surface area contributed by atoms with Crippen LogP contribution in [-0.2, 0) is 16.2 Å². The molecule has 8 nitrogen and oxygen atoms in total. The van der Waals surface area contributed by atoms with Crippen molar-refractivity contribution in [3.05, 3.63) is 86.7 Å². The lowest BCUT2D eigenvalue weighted by Gasteiger charge is -2.12. The highest BCUT2D eigenvalue weighted by Crippen LogP contribution is 2.35. The third-order valence-corrected chi connectivity index (χ3v) is 6.91. The highest BCUT2D eigenvalue weighted by Gasteiger charge is 2.36. The Labute approximate surface area is 226 Å². The minimum Gasteiger partial charge on any atom is -0.489 e. The molecule has 1 saturated heterocycles. The Morgan fingerprint density at radius 1 is 1.03 bits per heavy atom. The van der Waals surface area contributed by atoms with Crippen LogP contribution in [0.15, 0.2) is 65.6 Å². The highest BCUT2D eigenvalue weighted by atomic mass is 35.5. The summed E-state index contributed by atoms with van der Waals surface area (Å²) in [5, 5.41) is 3.21. The van der Waals surface area contributed by atoms with Crippen LogP contribution in [0.4, 0.5) is 10.5 Å². The first kappa shape index (κ1) is 25.0. The summed E-state index contributed by atoms with van der Waals surface area (Å²) >= 11 is 12.9. The predicted octanol–water partition coefficient (Wildman–Crippen LogP) is 5.98. The van der Waals surface area contributed by atoms with Gasteiger partial charge in [0.25, 0.3) is 11.1 Å². The molecule has 3 amide bonds. The summed E-state index contributed by atoms with van der Waals surface area (Å²) in [4.78, 5) is 38.8. The Morgan fingerprint density at radius 2 is 1.81 bits per heavy atom. The number of nitrogens with zero attached hydrogens (tertiary/aromatic N) is 1. The first-order valence-corrected chi connectivity index (χ1v) is 12.5. The molecule has 0 radical (unpaired) electrons. The Kier molecular flexibility index (Phi) is 7.27. The third-order valence-electron chi connectivity index (χ3n) is 5.42. The molecule has 11 heteroatoms. The largest absolute Gasteiger partial charge is 0.489 e. The van der Waals surface area contributed by atoms with Crippen molar-refractivity contribution in [2.24, 2.45) is 0 Å². The molecular weight excluding hydrogens is 539 g/mol. The number of hydrogen-bond acceptors (Lipinski definition) is 7. The Hall–Kier alpha value is -3.66. The predicted molar refractivity (Wildman–Crippen MR) is 141 cm³/mol. The average molecular weight is 557 g/mol. The van der Waals surface area contributed by atoms with Gasteiger partial charge in [-0.2, -0.15) is 0 Å². The van der Waals surface area contributed by atoms with Crippen molar-refractivity contribution in [2.45, 2.75) is 6.61 Å². The zero-order valence-corrected chi connectivity index (χ0v) is 21.4. The van der Waals surface area contributed by atoms with Crippen molar-refractivity contribution in [2.75, 3.05) is 18.7 Å². The maximum atomic E-state index is 12.8. The van der Waals surface area contributed by atoms with E-state index < -0.39 is 23.6 Å². The second-order valence-corrected chi connectivity index (χ2v) is 9.81. The van der Waals surface area contributed by atoms with Crippen LogP contribution >= 0.6 is 35.0 Å². The molecule has 0 aromatic heterocycles. The van der Waals surface area contributed by atoms with Crippen molar-refractivity contribution < 1.29 is 28.6 Å². The third kappa shape index (κ3) is 5.85. The van der Waals surface area contributed by atoms with Crippen LogP contribution in [-0.4, -0.2) is 35.3 Å². The summed E-state index contributed by atoms with van der Waals surface area (Å²) in [6.07, 6.45) is 1.60. The van der Waals surface area contributed by atoms with E-state index in [1.54, 1.807) is 66.7 Å². The van der Waals surface area contributed by atoms with Crippen LogP contribution in [0.3, 0.4) is 0 Å². The van der Waals surface area contributed by atoms with Crippen LogP contribution < -0.4 is 19.5 Å². The van der Waals surface area contributed by atoms with E-state index in [0.717, 1.165) is 22.2 Å². The molecule has 2 aliphatic heterocycles. The van der Waals surface area contributed by atoms with Crippen molar-refractivity contribution >= 4 is 63.8 Å². The molecule has 37 heavy (non-hydrogen) atoms. The second-order valence-electron chi connectivity index (χ2n) is 7.98. The number of rotatable bonds is 7. The number of ether oxygens (including phenoxy) is 3. The van der Waals surface area contributed by atoms with Gasteiger partial charge in [0, 0.05) is 27.4 Å². The molecule has 2 heterocycles. The number of nitrogens with one attached hydrogen (secondary N) is 1. The zero-order chi connectivity index (χ0) is 25.9. The Balaban J connectivity index is 1.18. The smallest absolute Gasteiger partial charge is 0.294 e. The fraction of sp³-hybridized carbons (Fsp3) is 0.115. The molecule has 2 aliphatic rings. The lowest BCUT2D eigenvalue weighted by atomic mass is 10.2. The van der Waals surface area contributed by atoms with E-state index in [-0.39, 0.29) is 18.3 Å². The maximum absolute atomic E-state index is 12.8. The van der Waals surface area contributed by atoms with Crippen LogP contribution in [0.25, 0.3) is 6.08 Å². The number of benzene rings is 3. The number of imide groups is 1. The van der Waals surface area contributed by atoms with E-state index in [4.69, 9.17) is 37.4 Å². The summed E-state index contributed by atoms with van der Waals surface area (Å²) < 4.78 is 16.3. The summed E-state index contributed by atoms with van der Waals surface area (Å²) in [6.45, 7) is -0.0249. The van der Waals surface area contributed by atoms with E-state index in [2.05, 4.69) is 5.32 Å². The molecular formula is C26H18Cl2N2O6S. The van der Waals surface area contributed by atoms with Gasteiger partial charge in [-0.05, 0) is 59.8 Å². The maximum Gasteiger partial charge on any atom is 0.294 e. The quantitative estimate of drug-likeness (QED) is 0.358. The highest BCUT2D eigenvalue weighted by molar-refractivity contribution is 8.18. The molecule has 5 rings (SSSR count). The summed E-state index contributed by atoms with van der Waals surface area (Å²) in [7, 11) is 0. The molecule has 1 N–H and O–H groups in total. The average Bonchev–Trinajstić information content (AvgIpc) is 3.44. The summed E-state index contributed by atoms with van der Waals surface area (Å²) in [6, 6.07) is 17.1. The number of fused-ring (bicyclic) bond motifs is 1. The standard InChI is InChI=1S/C26H18Cl2N2O6S/c27-17-4-3-16(20(28)10-17)13-34-19-6-1-15(2-7-19)9-23-25(32)30(26(33)37-23)12-24(31)29-18-5-8-21-22(11-18)36-14-35-21/h1-11H,12-14H2,(H,29,31)/b23-9+. The van der Waals surface area contributed by atoms with Gasteiger partial charge in [0.15, 0.2) is 11.5 Å². The molecule has 0 saturated carbocycles. The van der Waals surface area contributed by atoms with Crippen LogP contribution in [0, 0.1) is 0 Å². The lowest BCUT2D eigenvalue weighted by molar-refractivity contribution is -0.127. The van der Waals surface area contributed by atoms with E-state index in [0.29, 0.717) is 38.5 Å². The molecule has 0 spiro atoms. The Morgan fingerprint density at radius 3 is 2.59 bits per heavy atom. The number of thioether (sulfide) groups is 1. The molecule has 1 fully saturated rings. The van der Waals surface area contributed by atoms with Gasteiger partial charge in [0.1, 0.15) is 18.9 Å². The molecule has 0 atom stereocenters. The monoisotopic (exact) mass is 556 g/mol. The first-order chi connectivity index (χ1) is 17.9. The first-order valence-electron chi connectivity index (χ1n) is 11.0. The number of carbonyl (C=O) groups excluding carboxylic acids is 3. The van der Waals surface area contributed by atoms with E-state index in [1.807, 2.05) is 0 Å². The van der Waals surface area contributed by atoms with E-state index in [1.165, 1.54) is 0 Å². The molecule has 3 aromatic carbocycles. The fourth-order valence-corrected chi connectivity index (χ4v) is 4.87.